The molecule has 4 heteroatoms. The van der Waals surface area contributed by atoms with Crippen LogP contribution in [0.4, 0.5) is 0 Å². The molecule has 0 aliphatic heterocycles. The Bertz CT molecular complexity index is 146. The summed E-state index contributed by atoms with van der Waals surface area (Å²) >= 11 is 0. The topological polar surface area (TPSA) is 42.2 Å². The average molecular weight is 173 g/mol. The van der Waals surface area contributed by atoms with E-state index in [1.165, 1.54) is 0 Å². The van der Waals surface area contributed by atoms with Gasteiger partial charge in [-0.2, -0.15) is 5.26 Å². The fourth-order valence-corrected chi connectivity index (χ4v) is 2.62. The van der Waals surface area contributed by atoms with E-state index in [-0.39, 0.29) is 6.61 Å². The lowest BCUT2D eigenvalue weighted by Gasteiger charge is -2.22. The Morgan fingerprint density at radius 1 is 1.55 bits per heavy atom. The highest BCUT2D eigenvalue weighted by Gasteiger charge is 2.28. The molecule has 0 aromatic rings. The van der Waals surface area contributed by atoms with Crippen LogP contribution in [0, 0.1) is 11.3 Å². The first-order valence-electron chi connectivity index (χ1n) is 3.74. The Hall–Kier alpha value is -0.373. The van der Waals surface area contributed by atoms with E-state index < -0.39 is 8.56 Å². The normalized spacial score (nSPS) is 15.5. The van der Waals surface area contributed by atoms with Gasteiger partial charge >= 0.3 is 8.56 Å². The molecule has 0 saturated carbocycles. The fourth-order valence-electron chi connectivity index (χ4n) is 0.872. The van der Waals surface area contributed by atoms with Crippen molar-refractivity contribution in [1.82, 2.24) is 0 Å². The Kier molecular flexibility index (Phi) is 5.12. The van der Waals surface area contributed by atoms with Crippen molar-refractivity contribution in [3.05, 3.63) is 0 Å². The standard InChI is InChI=1S/C7H15NO2Si/c1-4-7-11(3,9-2)10-6-5-8/h4,6-7H2,1-3H3. The van der Waals surface area contributed by atoms with Crippen LogP contribution >= 0.6 is 0 Å². The van der Waals surface area contributed by atoms with E-state index in [1.54, 1.807) is 7.11 Å². The summed E-state index contributed by atoms with van der Waals surface area (Å²) in [5.41, 5.74) is 0. The molecule has 3 nitrogen and oxygen atoms in total. The van der Waals surface area contributed by atoms with Crippen LogP contribution in [0.1, 0.15) is 13.3 Å². The molecule has 0 spiro atoms. The zero-order chi connectivity index (χ0) is 8.74. The highest BCUT2D eigenvalue weighted by Crippen LogP contribution is 2.13. The van der Waals surface area contributed by atoms with Crippen LogP contribution in [0.15, 0.2) is 0 Å². The molecule has 0 aliphatic carbocycles. The summed E-state index contributed by atoms with van der Waals surface area (Å²) in [6.45, 7) is 4.21. The maximum Gasteiger partial charge on any atom is 0.335 e. The molecule has 0 aromatic heterocycles. The first-order valence-corrected chi connectivity index (χ1v) is 6.27. The van der Waals surface area contributed by atoms with Crippen molar-refractivity contribution in [3.8, 4) is 6.07 Å². The predicted octanol–water partition coefficient (Wildman–Crippen LogP) is 1.65. The van der Waals surface area contributed by atoms with Crippen LogP contribution in [-0.2, 0) is 8.85 Å². The van der Waals surface area contributed by atoms with Gasteiger partial charge in [-0.25, -0.2) is 0 Å². The number of rotatable bonds is 5. The van der Waals surface area contributed by atoms with Crippen molar-refractivity contribution in [2.75, 3.05) is 13.7 Å². The molecule has 0 heterocycles. The second kappa shape index (κ2) is 5.30. The summed E-state index contributed by atoms with van der Waals surface area (Å²) in [7, 11) is -0.315. The minimum absolute atomic E-state index is 0.149. The third-order valence-electron chi connectivity index (χ3n) is 1.58. The molecule has 0 saturated heterocycles. The molecule has 11 heavy (non-hydrogen) atoms. The van der Waals surface area contributed by atoms with Crippen LogP contribution in [0.5, 0.6) is 0 Å². The molecule has 0 radical (unpaired) electrons. The van der Waals surface area contributed by atoms with Gasteiger partial charge in [0.15, 0.2) is 0 Å². The van der Waals surface area contributed by atoms with Gasteiger partial charge in [-0.15, -0.1) is 0 Å². The van der Waals surface area contributed by atoms with Gasteiger partial charge in [-0.1, -0.05) is 13.3 Å². The van der Waals surface area contributed by atoms with E-state index in [1.807, 2.05) is 12.6 Å². The Labute approximate surface area is 69.2 Å². The SMILES string of the molecule is CCC[Si](C)(OC)OCC#N. The summed E-state index contributed by atoms with van der Waals surface area (Å²) in [5.74, 6) is 0. The molecular formula is C7H15NO2Si. The Morgan fingerprint density at radius 2 is 2.18 bits per heavy atom. The molecule has 0 bridgehead atoms. The highest BCUT2D eigenvalue weighted by molar-refractivity contribution is 6.65. The van der Waals surface area contributed by atoms with Gasteiger partial charge in [0.25, 0.3) is 0 Å². The van der Waals surface area contributed by atoms with Crippen molar-refractivity contribution in [3.63, 3.8) is 0 Å². The van der Waals surface area contributed by atoms with Crippen molar-refractivity contribution >= 4 is 8.56 Å². The molecule has 0 fully saturated rings. The molecule has 1 unspecified atom stereocenters. The predicted molar refractivity (Wildman–Crippen MR) is 45.3 cm³/mol. The van der Waals surface area contributed by atoms with Gasteiger partial charge in [-0.05, 0) is 12.6 Å². The third kappa shape index (κ3) is 4.14. The smallest absolute Gasteiger partial charge is 0.335 e. The van der Waals surface area contributed by atoms with Gasteiger partial charge in [0.2, 0.25) is 0 Å². The summed E-state index contributed by atoms with van der Waals surface area (Å²) in [6.07, 6.45) is 1.04. The highest BCUT2D eigenvalue weighted by atomic mass is 28.4. The van der Waals surface area contributed by atoms with E-state index in [2.05, 4.69) is 6.92 Å². The van der Waals surface area contributed by atoms with Gasteiger partial charge in [0, 0.05) is 7.11 Å². The van der Waals surface area contributed by atoms with Crippen molar-refractivity contribution < 1.29 is 8.85 Å². The Balaban J connectivity index is 3.79. The van der Waals surface area contributed by atoms with Crippen LogP contribution in [0.25, 0.3) is 0 Å². The van der Waals surface area contributed by atoms with Crippen LogP contribution < -0.4 is 0 Å². The van der Waals surface area contributed by atoms with E-state index >= 15 is 0 Å². The maximum absolute atomic E-state index is 8.28. The van der Waals surface area contributed by atoms with Gasteiger partial charge < -0.3 is 8.85 Å². The molecule has 0 N–H and O–H groups in total. The van der Waals surface area contributed by atoms with Crippen molar-refractivity contribution in [1.29, 1.82) is 5.26 Å². The zero-order valence-corrected chi connectivity index (χ0v) is 8.39. The van der Waals surface area contributed by atoms with Crippen molar-refractivity contribution in [2.45, 2.75) is 25.9 Å². The number of hydrogen-bond donors (Lipinski definition) is 0. The monoisotopic (exact) mass is 173 g/mol. The number of nitrogens with zero attached hydrogens (tertiary/aromatic N) is 1. The van der Waals surface area contributed by atoms with E-state index in [0.717, 1.165) is 12.5 Å². The summed E-state index contributed by atoms with van der Waals surface area (Å²) < 4.78 is 10.6. The van der Waals surface area contributed by atoms with Crippen LogP contribution in [-0.4, -0.2) is 22.3 Å². The first kappa shape index (κ1) is 10.6. The lowest BCUT2D eigenvalue weighted by Crippen LogP contribution is -2.37. The minimum atomic E-state index is -1.97. The van der Waals surface area contributed by atoms with Crippen molar-refractivity contribution in [2.24, 2.45) is 0 Å². The second-order valence-corrected chi connectivity index (χ2v) is 6.00. The van der Waals surface area contributed by atoms with Gasteiger partial charge in [-0.3, -0.25) is 0 Å². The Morgan fingerprint density at radius 3 is 2.55 bits per heavy atom. The summed E-state index contributed by atoms with van der Waals surface area (Å²) in [4.78, 5) is 0. The summed E-state index contributed by atoms with van der Waals surface area (Å²) in [5, 5.41) is 8.28. The molecule has 0 amide bonds. The minimum Gasteiger partial charge on any atom is -0.398 e. The number of hydrogen-bond acceptors (Lipinski definition) is 3. The zero-order valence-electron chi connectivity index (χ0n) is 7.39. The fraction of sp³-hybridized carbons (Fsp3) is 0.857. The van der Waals surface area contributed by atoms with E-state index in [0.29, 0.717) is 0 Å². The van der Waals surface area contributed by atoms with Crippen LogP contribution in [0.3, 0.4) is 0 Å². The molecular weight excluding hydrogens is 158 g/mol. The number of nitriles is 1. The average Bonchev–Trinajstić information content (AvgIpc) is 2.02. The largest absolute Gasteiger partial charge is 0.398 e. The third-order valence-corrected chi connectivity index (χ3v) is 4.60. The van der Waals surface area contributed by atoms with Gasteiger partial charge in [0.1, 0.15) is 6.61 Å². The second-order valence-electron chi connectivity index (χ2n) is 2.53. The van der Waals surface area contributed by atoms with Gasteiger partial charge in [0.05, 0.1) is 6.07 Å². The first-order chi connectivity index (χ1) is 5.18. The lowest BCUT2D eigenvalue weighted by atomic mass is 10.6. The van der Waals surface area contributed by atoms with E-state index in [4.69, 9.17) is 14.1 Å². The summed E-state index contributed by atoms with van der Waals surface area (Å²) in [6, 6.07) is 2.90. The maximum atomic E-state index is 8.28. The molecule has 1 atom stereocenters. The van der Waals surface area contributed by atoms with Crippen LogP contribution in [0.2, 0.25) is 12.6 Å². The molecule has 0 rings (SSSR count). The quantitative estimate of drug-likeness (QED) is 0.594. The molecule has 0 aliphatic rings. The molecule has 0 aromatic carbocycles. The molecule has 64 valence electrons. The lowest BCUT2D eigenvalue weighted by molar-refractivity contribution is 0.228. The van der Waals surface area contributed by atoms with E-state index in [9.17, 15) is 0 Å².